The molecule has 1 heterocycles. The van der Waals surface area contributed by atoms with Crippen LogP contribution in [0.2, 0.25) is 0 Å². The molecule has 26 heavy (non-hydrogen) atoms. The zero-order valence-corrected chi connectivity index (χ0v) is 15.1. The highest BCUT2D eigenvalue weighted by molar-refractivity contribution is 5.80. The number of nitrogen functional groups attached to an aromatic ring is 1. The molecule has 1 aromatic heterocycles. The number of ether oxygens (including phenoxy) is 1. The summed E-state index contributed by atoms with van der Waals surface area (Å²) in [6, 6.07) is 4.49. The van der Waals surface area contributed by atoms with Gasteiger partial charge >= 0.3 is 12.3 Å². The maximum atomic E-state index is 12.7. The Morgan fingerprint density at radius 2 is 1.77 bits per heavy atom. The van der Waals surface area contributed by atoms with E-state index in [0.717, 1.165) is 16.8 Å². The molecule has 8 heteroatoms. The Bertz CT molecular complexity index is 788. The van der Waals surface area contributed by atoms with Gasteiger partial charge < -0.3 is 10.5 Å². The number of nitrogens with zero attached hydrogens (tertiary/aromatic N) is 2. The van der Waals surface area contributed by atoms with Gasteiger partial charge in [-0.3, -0.25) is 0 Å². The minimum absolute atomic E-state index is 0.257. The molecular weight excluding hydrogens is 347 g/mol. The molecule has 0 unspecified atom stereocenters. The monoisotopic (exact) mass is 369 g/mol. The van der Waals surface area contributed by atoms with Crippen LogP contribution in [0.5, 0.6) is 0 Å². The first-order chi connectivity index (χ1) is 11.9. The zero-order valence-electron chi connectivity index (χ0n) is 15.1. The third-order valence-corrected chi connectivity index (χ3v) is 3.56. The van der Waals surface area contributed by atoms with Crippen molar-refractivity contribution < 1.29 is 22.7 Å². The van der Waals surface area contributed by atoms with Crippen LogP contribution in [0, 0.1) is 0 Å². The lowest BCUT2D eigenvalue weighted by atomic mass is 10.1. The Morgan fingerprint density at radius 3 is 2.23 bits per heavy atom. The summed E-state index contributed by atoms with van der Waals surface area (Å²) < 4.78 is 44.6. The summed E-state index contributed by atoms with van der Waals surface area (Å²) in [5.74, 6) is 0. The van der Waals surface area contributed by atoms with Crippen LogP contribution in [0.15, 0.2) is 24.3 Å². The topological polar surface area (TPSA) is 70.1 Å². The second-order valence-corrected chi connectivity index (χ2v) is 6.93. The predicted octanol–water partition coefficient (Wildman–Crippen LogP) is 4.89. The standard InChI is InChI=1S/C18H22F3N3O2/c1-5-6-13-14(22)15(23-24(13)16(25)26-17(2,3)4)11-7-9-12(10-8-11)18(19,20)21/h7-10H,5-6,22H2,1-4H3. The molecule has 0 atom stereocenters. The number of hydrogen-bond acceptors (Lipinski definition) is 4. The summed E-state index contributed by atoms with van der Waals surface area (Å²) in [5.41, 5.74) is 6.06. The van der Waals surface area contributed by atoms with Gasteiger partial charge in [0.15, 0.2) is 0 Å². The summed E-state index contributed by atoms with van der Waals surface area (Å²) in [4.78, 5) is 12.4. The highest BCUT2D eigenvalue weighted by Gasteiger charge is 2.30. The normalized spacial score (nSPS) is 12.3. The van der Waals surface area contributed by atoms with E-state index in [2.05, 4.69) is 5.10 Å². The smallest absolute Gasteiger partial charge is 0.435 e. The van der Waals surface area contributed by atoms with E-state index in [-0.39, 0.29) is 11.4 Å². The van der Waals surface area contributed by atoms with E-state index < -0.39 is 23.4 Å². The first kappa shape index (κ1) is 19.8. The Morgan fingerprint density at radius 1 is 1.19 bits per heavy atom. The molecule has 0 radical (unpaired) electrons. The van der Waals surface area contributed by atoms with Crippen molar-refractivity contribution in [3.05, 3.63) is 35.5 Å². The average Bonchev–Trinajstić information content (AvgIpc) is 2.83. The maximum absolute atomic E-state index is 12.7. The van der Waals surface area contributed by atoms with Crippen LogP contribution in [0.3, 0.4) is 0 Å². The third-order valence-electron chi connectivity index (χ3n) is 3.56. The molecule has 0 bridgehead atoms. The van der Waals surface area contributed by atoms with Gasteiger partial charge in [0.25, 0.3) is 0 Å². The molecule has 0 aliphatic carbocycles. The van der Waals surface area contributed by atoms with E-state index in [1.165, 1.54) is 12.1 Å². The number of anilines is 1. The van der Waals surface area contributed by atoms with Gasteiger partial charge in [-0.05, 0) is 39.3 Å². The van der Waals surface area contributed by atoms with Crippen LogP contribution in [0.25, 0.3) is 11.3 Å². The summed E-state index contributed by atoms with van der Waals surface area (Å²) >= 11 is 0. The molecule has 0 aliphatic heterocycles. The molecule has 0 aliphatic rings. The fourth-order valence-corrected chi connectivity index (χ4v) is 2.43. The van der Waals surface area contributed by atoms with E-state index in [1.54, 1.807) is 20.8 Å². The van der Waals surface area contributed by atoms with Crippen molar-refractivity contribution >= 4 is 11.8 Å². The van der Waals surface area contributed by atoms with Crippen molar-refractivity contribution in [2.24, 2.45) is 0 Å². The molecule has 0 fully saturated rings. The Hall–Kier alpha value is -2.51. The summed E-state index contributed by atoms with van der Waals surface area (Å²) in [6.07, 6.45) is -3.90. The number of nitrogens with two attached hydrogens (primary N) is 1. The van der Waals surface area contributed by atoms with Gasteiger partial charge in [0.1, 0.15) is 11.3 Å². The molecule has 5 nitrogen and oxygen atoms in total. The summed E-state index contributed by atoms with van der Waals surface area (Å²) in [5, 5.41) is 4.21. The SMILES string of the molecule is CCCc1c(N)c(-c2ccc(C(F)(F)F)cc2)nn1C(=O)OC(C)(C)C. The number of halogens is 3. The molecular formula is C18H22F3N3O2. The number of benzene rings is 1. The van der Waals surface area contributed by atoms with Gasteiger partial charge in [-0.15, -0.1) is 0 Å². The Balaban J connectivity index is 2.47. The van der Waals surface area contributed by atoms with Crippen LogP contribution >= 0.6 is 0 Å². The number of carbonyl (C=O) groups excluding carboxylic acids is 1. The van der Waals surface area contributed by atoms with Crippen LogP contribution < -0.4 is 5.73 Å². The average molecular weight is 369 g/mol. The minimum Gasteiger partial charge on any atom is -0.442 e. The molecule has 0 amide bonds. The first-order valence-corrected chi connectivity index (χ1v) is 8.22. The molecule has 1 aromatic carbocycles. The van der Waals surface area contributed by atoms with E-state index in [1.807, 2.05) is 6.92 Å². The Labute approximate surface area is 149 Å². The van der Waals surface area contributed by atoms with E-state index in [4.69, 9.17) is 10.5 Å². The van der Waals surface area contributed by atoms with Crippen molar-refractivity contribution in [2.75, 3.05) is 5.73 Å². The van der Waals surface area contributed by atoms with Crippen LogP contribution in [-0.4, -0.2) is 21.5 Å². The number of aromatic nitrogens is 2. The lowest BCUT2D eigenvalue weighted by Gasteiger charge is -2.19. The van der Waals surface area contributed by atoms with Gasteiger partial charge in [-0.1, -0.05) is 25.5 Å². The first-order valence-electron chi connectivity index (χ1n) is 8.22. The number of hydrogen-bond donors (Lipinski definition) is 1. The third kappa shape index (κ3) is 4.36. The molecule has 2 aromatic rings. The lowest BCUT2D eigenvalue weighted by Crippen LogP contribution is -2.28. The van der Waals surface area contributed by atoms with E-state index in [0.29, 0.717) is 24.1 Å². The van der Waals surface area contributed by atoms with Crippen molar-refractivity contribution in [3.8, 4) is 11.3 Å². The van der Waals surface area contributed by atoms with Crippen LogP contribution in [0.4, 0.5) is 23.7 Å². The van der Waals surface area contributed by atoms with Gasteiger partial charge in [-0.2, -0.15) is 23.0 Å². The molecule has 0 saturated heterocycles. The number of rotatable bonds is 3. The largest absolute Gasteiger partial charge is 0.442 e. The second-order valence-electron chi connectivity index (χ2n) is 6.93. The maximum Gasteiger partial charge on any atom is 0.435 e. The fourth-order valence-electron chi connectivity index (χ4n) is 2.43. The Kier molecular flexibility index (Phi) is 5.34. The predicted molar refractivity (Wildman–Crippen MR) is 92.7 cm³/mol. The molecule has 0 spiro atoms. The van der Waals surface area contributed by atoms with Gasteiger partial charge in [-0.25, -0.2) is 4.79 Å². The van der Waals surface area contributed by atoms with Gasteiger partial charge in [0.05, 0.1) is 16.9 Å². The highest BCUT2D eigenvalue weighted by Crippen LogP contribution is 2.33. The molecule has 2 N–H and O–H groups in total. The van der Waals surface area contributed by atoms with Crippen molar-refractivity contribution in [1.82, 2.24) is 9.78 Å². The van der Waals surface area contributed by atoms with Crippen molar-refractivity contribution in [2.45, 2.75) is 52.3 Å². The zero-order chi connectivity index (χ0) is 19.7. The van der Waals surface area contributed by atoms with E-state index in [9.17, 15) is 18.0 Å². The second kappa shape index (κ2) is 7.01. The number of alkyl halides is 3. The fraction of sp³-hybridized carbons (Fsp3) is 0.444. The van der Waals surface area contributed by atoms with Crippen molar-refractivity contribution in [1.29, 1.82) is 0 Å². The molecule has 0 saturated carbocycles. The molecule has 2 rings (SSSR count). The summed E-state index contributed by atoms with van der Waals surface area (Å²) in [6.45, 7) is 7.11. The van der Waals surface area contributed by atoms with Crippen LogP contribution in [0.1, 0.15) is 45.4 Å². The quantitative estimate of drug-likeness (QED) is 0.836. The van der Waals surface area contributed by atoms with Gasteiger partial charge in [0.2, 0.25) is 0 Å². The van der Waals surface area contributed by atoms with Crippen LogP contribution in [-0.2, 0) is 17.3 Å². The van der Waals surface area contributed by atoms with Crippen molar-refractivity contribution in [3.63, 3.8) is 0 Å². The highest BCUT2D eigenvalue weighted by atomic mass is 19.4. The summed E-state index contributed by atoms with van der Waals surface area (Å²) in [7, 11) is 0. The van der Waals surface area contributed by atoms with Gasteiger partial charge in [0, 0.05) is 5.56 Å². The van der Waals surface area contributed by atoms with E-state index >= 15 is 0 Å². The molecule has 142 valence electrons. The minimum atomic E-state index is -4.42. The number of carbonyl (C=O) groups is 1. The lowest BCUT2D eigenvalue weighted by molar-refractivity contribution is -0.137.